The van der Waals surface area contributed by atoms with Gasteiger partial charge in [-0.1, -0.05) is 115 Å². The zero-order valence-electron chi connectivity index (χ0n) is 29.2. The standard InChI is InChI=1S/C49H32N5/c1-3-14-33(15-4-1)35-18-13-19-38(30-35)53-43-22-9-7-20-39(43)41-31-36(25-27-45(41)53)37-26-28-46-42(32-37)40-21-8-10-23-44(40)54(46)49-50-47-24-11-12-29-52(47)48(51-49)34-16-5-2-6-17-34/h1-32H/q+1. The summed E-state index contributed by atoms with van der Waals surface area (Å²) in [6.45, 7) is 0. The summed E-state index contributed by atoms with van der Waals surface area (Å²) >= 11 is 0. The number of pyridine rings is 1. The molecule has 0 unspecified atom stereocenters. The minimum absolute atomic E-state index is 0.643. The van der Waals surface area contributed by atoms with E-state index in [0.29, 0.717) is 5.95 Å². The largest absolute Gasteiger partial charge is 0.387 e. The Morgan fingerprint density at radius 3 is 1.59 bits per heavy atom. The van der Waals surface area contributed by atoms with Crippen LogP contribution in [0.2, 0.25) is 0 Å². The summed E-state index contributed by atoms with van der Waals surface area (Å²) in [5, 5.41) is 4.79. The summed E-state index contributed by atoms with van der Waals surface area (Å²) < 4.78 is 6.65. The van der Waals surface area contributed by atoms with E-state index in [0.717, 1.165) is 50.1 Å². The molecule has 0 aliphatic heterocycles. The maximum atomic E-state index is 5.22. The van der Waals surface area contributed by atoms with Crippen molar-refractivity contribution < 1.29 is 4.40 Å². The van der Waals surface area contributed by atoms with E-state index < -0.39 is 0 Å². The fourth-order valence-corrected chi connectivity index (χ4v) is 8.12. The number of nitrogens with zero attached hydrogens (tertiary/aromatic N) is 5. The van der Waals surface area contributed by atoms with Crippen LogP contribution in [0.25, 0.3) is 94.5 Å². The number of hydrogen-bond donors (Lipinski definition) is 0. The predicted molar refractivity (Wildman–Crippen MR) is 220 cm³/mol. The molecule has 0 atom stereocenters. The third kappa shape index (κ3) is 4.76. The SMILES string of the molecule is c1ccc(-c2cccc(-n3c4ccccc4c4cc(-c5ccc6c(c5)c5ccccc5n6-c5nc(-c6ccccc6)[n+]6ccccc6n5)ccc43)c2)cc1. The van der Waals surface area contributed by atoms with Gasteiger partial charge in [0, 0.05) is 33.3 Å². The molecule has 0 fully saturated rings. The van der Waals surface area contributed by atoms with E-state index in [1.807, 2.05) is 42.6 Å². The van der Waals surface area contributed by atoms with Gasteiger partial charge in [-0.3, -0.25) is 0 Å². The molecule has 0 bridgehead atoms. The summed E-state index contributed by atoms with van der Waals surface area (Å²) in [6, 6.07) is 66.8. The Labute approximate surface area is 311 Å². The first kappa shape index (κ1) is 30.3. The Morgan fingerprint density at radius 1 is 0.352 bits per heavy atom. The van der Waals surface area contributed by atoms with Crippen LogP contribution in [0, 0.1) is 0 Å². The maximum absolute atomic E-state index is 5.22. The van der Waals surface area contributed by atoms with E-state index in [1.165, 1.54) is 38.5 Å². The van der Waals surface area contributed by atoms with Gasteiger partial charge in [0.1, 0.15) is 0 Å². The molecule has 0 saturated carbocycles. The molecule has 0 N–H and O–H groups in total. The van der Waals surface area contributed by atoms with Crippen LogP contribution >= 0.6 is 0 Å². The molecule has 7 aromatic carbocycles. The zero-order chi connectivity index (χ0) is 35.6. The second-order valence-corrected chi connectivity index (χ2v) is 13.7. The van der Waals surface area contributed by atoms with Gasteiger partial charge in [-0.25, -0.2) is 4.57 Å². The molecule has 4 aromatic heterocycles. The maximum Gasteiger partial charge on any atom is 0.387 e. The van der Waals surface area contributed by atoms with Gasteiger partial charge in [0.15, 0.2) is 0 Å². The molecule has 0 radical (unpaired) electrons. The highest BCUT2D eigenvalue weighted by molar-refractivity contribution is 6.12. The van der Waals surface area contributed by atoms with Crippen LogP contribution in [0.5, 0.6) is 0 Å². The Bertz CT molecular complexity index is 3210. The van der Waals surface area contributed by atoms with Crippen molar-refractivity contribution >= 4 is 49.3 Å². The van der Waals surface area contributed by atoms with E-state index in [4.69, 9.17) is 9.97 Å². The van der Waals surface area contributed by atoms with E-state index in [1.54, 1.807) is 0 Å². The van der Waals surface area contributed by atoms with E-state index in [-0.39, 0.29) is 0 Å². The first-order chi connectivity index (χ1) is 26.8. The monoisotopic (exact) mass is 690 g/mol. The molecule has 11 aromatic rings. The Morgan fingerprint density at radius 2 is 0.889 bits per heavy atom. The third-order valence-corrected chi connectivity index (χ3v) is 10.6. The Kier molecular flexibility index (Phi) is 6.79. The van der Waals surface area contributed by atoms with Gasteiger partial charge < -0.3 is 4.57 Å². The summed E-state index contributed by atoms with van der Waals surface area (Å²) in [5.41, 5.74) is 12.3. The molecule has 11 rings (SSSR count). The fourth-order valence-electron chi connectivity index (χ4n) is 8.12. The summed E-state index contributed by atoms with van der Waals surface area (Å²) in [4.78, 5) is 10.3. The Balaban J connectivity index is 1.08. The molecule has 5 nitrogen and oxygen atoms in total. The number of hydrogen-bond acceptors (Lipinski definition) is 2. The average molecular weight is 691 g/mol. The minimum atomic E-state index is 0.643. The summed E-state index contributed by atoms with van der Waals surface area (Å²) in [7, 11) is 0. The quantitative estimate of drug-likeness (QED) is 0.169. The second-order valence-electron chi connectivity index (χ2n) is 13.7. The third-order valence-electron chi connectivity index (χ3n) is 10.6. The summed E-state index contributed by atoms with van der Waals surface area (Å²) in [6.07, 6.45) is 2.02. The van der Waals surface area contributed by atoms with Crippen LogP contribution in [0.3, 0.4) is 0 Å². The highest BCUT2D eigenvalue weighted by Gasteiger charge is 2.24. The van der Waals surface area contributed by atoms with Crippen molar-refractivity contribution in [2.45, 2.75) is 0 Å². The number of para-hydroxylation sites is 2. The first-order valence-corrected chi connectivity index (χ1v) is 18.3. The van der Waals surface area contributed by atoms with Crippen molar-refractivity contribution in [3.63, 3.8) is 0 Å². The predicted octanol–water partition coefficient (Wildman–Crippen LogP) is 11.4. The average Bonchev–Trinajstić information content (AvgIpc) is 3.76. The van der Waals surface area contributed by atoms with Crippen molar-refractivity contribution in [3.8, 4) is 45.3 Å². The van der Waals surface area contributed by atoms with Gasteiger partial charge in [0.05, 0.1) is 33.8 Å². The van der Waals surface area contributed by atoms with Crippen molar-refractivity contribution in [2.24, 2.45) is 0 Å². The topological polar surface area (TPSA) is 39.7 Å². The molecule has 54 heavy (non-hydrogen) atoms. The van der Waals surface area contributed by atoms with Crippen LogP contribution in [0.15, 0.2) is 194 Å². The molecular formula is C49H32N5+. The highest BCUT2D eigenvalue weighted by Crippen LogP contribution is 2.38. The number of benzene rings is 7. The van der Waals surface area contributed by atoms with Crippen LogP contribution in [0.1, 0.15) is 0 Å². The molecule has 0 saturated heterocycles. The van der Waals surface area contributed by atoms with E-state index >= 15 is 0 Å². The smallest absolute Gasteiger partial charge is 0.309 e. The number of aromatic nitrogens is 5. The van der Waals surface area contributed by atoms with Crippen LogP contribution < -0.4 is 4.40 Å². The molecule has 0 aliphatic carbocycles. The fraction of sp³-hybridized carbons (Fsp3) is 0. The van der Waals surface area contributed by atoms with Gasteiger partial charge >= 0.3 is 5.95 Å². The van der Waals surface area contributed by atoms with Crippen molar-refractivity contribution in [3.05, 3.63) is 194 Å². The lowest BCUT2D eigenvalue weighted by atomic mass is 10.0. The lowest BCUT2D eigenvalue weighted by Gasteiger charge is -2.11. The molecule has 0 amide bonds. The normalized spacial score (nSPS) is 11.7. The van der Waals surface area contributed by atoms with Crippen molar-refractivity contribution in [2.75, 3.05) is 0 Å². The molecule has 0 spiro atoms. The molecule has 4 heterocycles. The number of rotatable bonds is 5. The van der Waals surface area contributed by atoms with Crippen LogP contribution in [-0.2, 0) is 0 Å². The van der Waals surface area contributed by atoms with Crippen LogP contribution in [0.4, 0.5) is 0 Å². The van der Waals surface area contributed by atoms with Gasteiger partial charge in [0.2, 0.25) is 0 Å². The van der Waals surface area contributed by atoms with Gasteiger partial charge in [-0.15, -0.1) is 0 Å². The molecule has 5 heteroatoms. The van der Waals surface area contributed by atoms with Crippen LogP contribution in [-0.4, -0.2) is 19.1 Å². The van der Waals surface area contributed by atoms with Crippen molar-refractivity contribution in [1.29, 1.82) is 0 Å². The minimum Gasteiger partial charge on any atom is -0.309 e. The molecule has 252 valence electrons. The lowest BCUT2D eigenvalue weighted by molar-refractivity contribution is -0.505. The van der Waals surface area contributed by atoms with E-state index in [2.05, 4.69) is 165 Å². The van der Waals surface area contributed by atoms with Gasteiger partial charge in [-0.2, -0.15) is 4.40 Å². The van der Waals surface area contributed by atoms with E-state index in [9.17, 15) is 0 Å². The lowest BCUT2D eigenvalue weighted by Crippen LogP contribution is -2.28. The zero-order valence-corrected chi connectivity index (χ0v) is 29.2. The molecule has 0 aliphatic rings. The molecular weight excluding hydrogens is 659 g/mol. The van der Waals surface area contributed by atoms with Gasteiger partial charge in [-0.05, 0) is 99.0 Å². The summed E-state index contributed by atoms with van der Waals surface area (Å²) in [5.74, 6) is 1.49. The first-order valence-electron chi connectivity index (χ1n) is 18.3. The Hall–Kier alpha value is -7.37. The number of fused-ring (bicyclic) bond motifs is 7. The second kappa shape index (κ2) is 12.1. The van der Waals surface area contributed by atoms with Crippen molar-refractivity contribution in [1.82, 2.24) is 19.1 Å². The highest BCUT2D eigenvalue weighted by atomic mass is 15.2. The van der Waals surface area contributed by atoms with Gasteiger partial charge in [0.25, 0.3) is 11.5 Å².